The highest BCUT2D eigenvalue weighted by Gasteiger charge is 2.08. The van der Waals surface area contributed by atoms with E-state index in [2.05, 4.69) is 10.3 Å². The molecule has 1 aromatic carbocycles. The van der Waals surface area contributed by atoms with Crippen LogP contribution in [0, 0.1) is 6.92 Å². The van der Waals surface area contributed by atoms with Gasteiger partial charge in [0.25, 0.3) is 11.5 Å². The molecule has 2 heterocycles. The second kappa shape index (κ2) is 7.27. The van der Waals surface area contributed by atoms with Crippen molar-refractivity contribution in [2.75, 3.05) is 13.2 Å². The Hall–Kier alpha value is -2.67. The number of ether oxygens (including phenoxy) is 1. The fourth-order valence-electron chi connectivity index (χ4n) is 2.30. The summed E-state index contributed by atoms with van der Waals surface area (Å²) < 4.78 is 6.97. The first-order chi connectivity index (χ1) is 11.6. The average molecular weight is 343 g/mol. The van der Waals surface area contributed by atoms with Gasteiger partial charge in [-0.1, -0.05) is 18.2 Å². The first-order valence-electron chi connectivity index (χ1n) is 7.55. The molecule has 0 atom stereocenters. The Kier molecular flexibility index (Phi) is 4.90. The van der Waals surface area contributed by atoms with Gasteiger partial charge < -0.3 is 10.1 Å². The molecule has 0 aliphatic heterocycles. The molecule has 0 unspecified atom stereocenters. The van der Waals surface area contributed by atoms with Crippen LogP contribution in [0.5, 0.6) is 5.75 Å². The topological polar surface area (TPSA) is 72.7 Å². The Bertz CT molecular complexity index is 902. The van der Waals surface area contributed by atoms with Crippen LogP contribution in [0.3, 0.4) is 0 Å². The monoisotopic (exact) mass is 343 g/mol. The molecule has 0 fully saturated rings. The van der Waals surface area contributed by atoms with E-state index in [0.717, 1.165) is 5.69 Å². The molecule has 0 aliphatic rings. The number of nitrogens with zero attached hydrogens (tertiary/aromatic N) is 2. The van der Waals surface area contributed by atoms with Gasteiger partial charge in [-0.25, -0.2) is 4.98 Å². The van der Waals surface area contributed by atoms with Gasteiger partial charge in [-0.05, 0) is 19.1 Å². The summed E-state index contributed by atoms with van der Waals surface area (Å²) in [5, 5.41) is 4.69. The van der Waals surface area contributed by atoms with Gasteiger partial charge in [0.15, 0.2) is 11.6 Å². The van der Waals surface area contributed by atoms with Gasteiger partial charge in [0.1, 0.15) is 5.75 Å². The molecule has 0 bridgehead atoms. The van der Waals surface area contributed by atoms with Gasteiger partial charge in [0.2, 0.25) is 0 Å². The van der Waals surface area contributed by atoms with Crippen molar-refractivity contribution in [2.24, 2.45) is 0 Å². The molecule has 0 spiro atoms. The largest absolute Gasteiger partial charge is 0.484 e. The summed E-state index contributed by atoms with van der Waals surface area (Å²) in [6.45, 7) is 2.20. The Balaban J connectivity index is 1.53. The minimum absolute atomic E-state index is 0.0326. The number of rotatable bonds is 6. The fraction of sp³-hybridized carbons (Fsp3) is 0.235. The predicted molar refractivity (Wildman–Crippen MR) is 92.7 cm³/mol. The summed E-state index contributed by atoms with van der Waals surface area (Å²) in [5.41, 5.74) is 1.46. The Morgan fingerprint density at radius 3 is 2.92 bits per heavy atom. The maximum Gasteiger partial charge on any atom is 0.258 e. The Morgan fingerprint density at radius 2 is 2.12 bits per heavy atom. The second-order valence-electron chi connectivity index (χ2n) is 5.28. The van der Waals surface area contributed by atoms with Crippen molar-refractivity contribution in [1.29, 1.82) is 0 Å². The Labute approximate surface area is 142 Å². The highest BCUT2D eigenvalue weighted by atomic mass is 32.1. The summed E-state index contributed by atoms with van der Waals surface area (Å²) in [6, 6.07) is 10.7. The predicted octanol–water partition coefficient (Wildman–Crippen LogP) is 1.80. The van der Waals surface area contributed by atoms with Gasteiger partial charge in [-0.2, -0.15) is 0 Å². The van der Waals surface area contributed by atoms with Crippen molar-refractivity contribution in [3.63, 3.8) is 0 Å². The normalized spacial score (nSPS) is 10.7. The zero-order valence-electron chi connectivity index (χ0n) is 13.2. The van der Waals surface area contributed by atoms with Crippen molar-refractivity contribution in [2.45, 2.75) is 13.3 Å². The SMILES string of the molecule is Cc1cc(=O)n2c(CCNC(=O)COc3ccccc3)csc2n1. The second-order valence-corrected chi connectivity index (χ2v) is 6.12. The maximum absolute atomic E-state index is 12.1. The lowest BCUT2D eigenvalue weighted by molar-refractivity contribution is -0.123. The lowest BCUT2D eigenvalue weighted by atomic mass is 10.3. The summed E-state index contributed by atoms with van der Waals surface area (Å²) in [5.74, 6) is 0.462. The third-order valence-corrected chi connectivity index (χ3v) is 4.29. The molecule has 24 heavy (non-hydrogen) atoms. The quantitative estimate of drug-likeness (QED) is 0.741. The van der Waals surface area contributed by atoms with Crippen LogP contribution >= 0.6 is 11.3 Å². The zero-order valence-corrected chi connectivity index (χ0v) is 14.0. The lowest BCUT2D eigenvalue weighted by Crippen LogP contribution is -2.31. The van der Waals surface area contributed by atoms with E-state index in [1.54, 1.807) is 23.5 Å². The molecule has 6 nitrogen and oxygen atoms in total. The molecule has 3 rings (SSSR count). The number of para-hydroxylation sites is 1. The van der Waals surface area contributed by atoms with E-state index in [0.29, 0.717) is 29.4 Å². The van der Waals surface area contributed by atoms with Gasteiger partial charge >= 0.3 is 0 Å². The molecule has 0 saturated heterocycles. The minimum atomic E-state index is -0.195. The number of nitrogens with one attached hydrogen (secondary N) is 1. The minimum Gasteiger partial charge on any atom is -0.484 e. The van der Waals surface area contributed by atoms with Crippen LogP contribution in [0.4, 0.5) is 0 Å². The van der Waals surface area contributed by atoms with E-state index >= 15 is 0 Å². The van der Waals surface area contributed by atoms with Crippen molar-refractivity contribution in [1.82, 2.24) is 14.7 Å². The third-order valence-electron chi connectivity index (χ3n) is 3.42. The number of aromatic nitrogens is 2. The Morgan fingerprint density at radius 1 is 1.33 bits per heavy atom. The van der Waals surface area contributed by atoms with E-state index in [4.69, 9.17) is 4.74 Å². The molecule has 1 N–H and O–H groups in total. The zero-order chi connectivity index (χ0) is 16.9. The number of hydrogen-bond donors (Lipinski definition) is 1. The molecule has 0 aliphatic carbocycles. The van der Waals surface area contributed by atoms with Crippen molar-refractivity contribution < 1.29 is 9.53 Å². The first kappa shape index (κ1) is 16.2. The standard InChI is InChI=1S/C17H17N3O3S/c1-12-9-16(22)20-13(11-24-17(20)19-12)7-8-18-15(21)10-23-14-5-3-2-4-6-14/h2-6,9,11H,7-8,10H2,1H3,(H,18,21). The van der Waals surface area contributed by atoms with Gasteiger partial charge in [-0.15, -0.1) is 11.3 Å². The number of amides is 1. The molecular weight excluding hydrogens is 326 g/mol. The summed E-state index contributed by atoms with van der Waals surface area (Å²) in [6.07, 6.45) is 0.557. The van der Waals surface area contributed by atoms with Crippen LogP contribution in [-0.4, -0.2) is 28.4 Å². The molecule has 7 heteroatoms. The molecular formula is C17H17N3O3S. The fourth-order valence-corrected chi connectivity index (χ4v) is 3.28. The van der Waals surface area contributed by atoms with E-state index in [1.807, 2.05) is 23.6 Å². The van der Waals surface area contributed by atoms with Crippen LogP contribution in [0.2, 0.25) is 0 Å². The van der Waals surface area contributed by atoms with Crippen LogP contribution in [0.15, 0.2) is 46.6 Å². The summed E-state index contributed by atoms with van der Waals surface area (Å²) in [4.78, 5) is 28.9. The maximum atomic E-state index is 12.1. The lowest BCUT2D eigenvalue weighted by Gasteiger charge is -2.07. The van der Waals surface area contributed by atoms with Crippen molar-refractivity contribution in [3.05, 3.63) is 63.5 Å². The van der Waals surface area contributed by atoms with Crippen LogP contribution in [-0.2, 0) is 11.2 Å². The molecule has 124 valence electrons. The van der Waals surface area contributed by atoms with Crippen LogP contribution < -0.4 is 15.6 Å². The molecule has 2 aromatic heterocycles. The number of benzene rings is 1. The summed E-state index contributed by atoms with van der Waals surface area (Å²) >= 11 is 1.42. The van der Waals surface area contributed by atoms with E-state index in [1.165, 1.54) is 17.4 Å². The van der Waals surface area contributed by atoms with Crippen molar-refractivity contribution in [3.8, 4) is 5.75 Å². The highest BCUT2D eigenvalue weighted by Crippen LogP contribution is 2.13. The van der Waals surface area contributed by atoms with Crippen LogP contribution in [0.25, 0.3) is 4.96 Å². The van der Waals surface area contributed by atoms with Gasteiger partial charge in [0.05, 0.1) is 0 Å². The molecule has 3 aromatic rings. The molecule has 0 radical (unpaired) electrons. The van der Waals surface area contributed by atoms with E-state index < -0.39 is 0 Å². The first-order valence-corrected chi connectivity index (χ1v) is 8.43. The van der Waals surface area contributed by atoms with Crippen LogP contribution in [0.1, 0.15) is 11.4 Å². The number of carbonyl (C=O) groups is 1. The van der Waals surface area contributed by atoms with Crippen molar-refractivity contribution >= 4 is 22.2 Å². The smallest absolute Gasteiger partial charge is 0.258 e. The van der Waals surface area contributed by atoms with Gasteiger partial charge in [-0.3, -0.25) is 14.0 Å². The van der Waals surface area contributed by atoms with E-state index in [-0.39, 0.29) is 18.1 Å². The van der Waals surface area contributed by atoms with E-state index in [9.17, 15) is 9.59 Å². The average Bonchev–Trinajstić information content (AvgIpc) is 2.97. The number of thiazole rings is 1. The number of fused-ring (bicyclic) bond motifs is 1. The molecule has 1 amide bonds. The number of hydrogen-bond acceptors (Lipinski definition) is 5. The third kappa shape index (κ3) is 3.80. The van der Waals surface area contributed by atoms with Gasteiger partial charge in [0, 0.05) is 35.8 Å². The summed E-state index contributed by atoms with van der Waals surface area (Å²) in [7, 11) is 0. The number of carbonyl (C=O) groups excluding carboxylic acids is 1. The molecule has 0 saturated carbocycles. The number of aryl methyl sites for hydroxylation is 1. The highest BCUT2D eigenvalue weighted by molar-refractivity contribution is 7.15.